The van der Waals surface area contributed by atoms with Crippen molar-refractivity contribution in [2.24, 2.45) is 5.73 Å². The van der Waals surface area contributed by atoms with Crippen LogP contribution in [0.5, 0.6) is 17.2 Å². The second-order valence-electron chi connectivity index (χ2n) is 7.31. The molecule has 182 valence electrons. The van der Waals surface area contributed by atoms with Crippen molar-refractivity contribution in [3.05, 3.63) is 77.4 Å². The second kappa shape index (κ2) is 10.8. The molecule has 0 aromatic heterocycles. The SMILES string of the molecule is COc1cc(C(Nc2ccc(C(=N)N)cc2)C(=O)NNc2ccccc2C(=O)O)cc(OC)c1O. The first kappa shape index (κ1) is 24.7. The number of benzene rings is 3. The zero-order valence-corrected chi connectivity index (χ0v) is 19.0. The first-order valence-corrected chi connectivity index (χ1v) is 10.3. The van der Waals surface area contributed by atoms with Gasteiger partial charge in [-0.3, -0.25) is 21.1 Å². The Hall–Kier alpha value is -4.93. The molecule has 0 aliphatic carbocycles. The predicted molar refractivity (Wildman–Crippen MR) is 130 cm³/mol. The van der Waals surface area contributed by atoms with Crippen molar-refractivity contribution in [1.29, 1.82) is 5.41 Å². The number of carboxylic acids is 1. The van der Waals surface area contributed by atoms with Crippen LogP contribution in [-0.2, 0) is 4.79 Å². The van der Waals surface area contributed by atoms with E-state index in [0.29, 0.717) is 16.8 Å². The van der Waals surface area contributed by atoms with Gasteiger partial charge in [-0.05, 0) is 54.1 Å². The first-order chi connectivity index (χ1) is 16.7. The second-order valence-corrected chi connectivity index (χ2v) is 7.31. The van der Waals surface area contributed by atoms with E-state index in [0.717, 1.165) is 0 Å². The minimum atomic E-state index is -1.16. The number of anilines is 2. The van der Waals surface area contributed by atoms with E-state index in [-0.39, 0.29) is 34.3 Å². The number of aromatic hydroxyl groups is 1. The van der Waals surface area contributed by atoms with Gasteiger partial charge in [0, 0.05) is 11.3 Å². The Morgan fingerprint density at radius 2 is 1.60 bits per heavy atom. The molecule has 0 aliphatic rings. The van der Waals surface area contributed by atoms with Crippen LogP contribution in [0.2, 0.25) is 0 Å². The molecule has 11 heteroatoms. The average molecular weight is 479 g/mol. The summed E-state index contributed by atoms with van der Waals surface area (Å²) in [6.07, 6.45) is 0. The van der Waals surface area contributed by atoms with Crippen molar-refractivity contribution in [2.45, 2.75) is 6.04 Å². The number of carbonyl (C=O) groups excluding carboxylic acids is 1. The first-order valence-electron chi connectivity index (χ1n) is 10.3. The summed E-state index contributed by atoms with van der Waals surface area (Å²) in [6, 6.07) is 14.6. The zero-order chi connectivity index (χ0) is 25.5. The maximum absolute atomic E-state index is 13.3. The van der Waals surface area contributed by atoms with Crippen molar-refractivity contribution in [1.82, 2.24) is 5.43 Å². The fourth-order valence-electron chi connectivity index (χ4n) is 3.27. The van der Waals surface area contributed by atoms with Crippen molar-refractivity contribution >= 4 is 29.1 Å². The van der Waals surface area contributed by atoms with E-state index in [1.165, 1.54) is 38.5 Å². The number of carboxylic acid groups (broad SMARTS) is 1. The number of nitrogen functional groups attached to an aromatic ring is 1. The highest BCUT2D eigenvalue weighted by molar-refractivity contribution is 5.96. The monoisotopic (exact) mass is 479 g/mol. The van der Waals surface area contributed by atoms with Gasteiger partial charge < -0.3 is 30.7 Å². The number of methoxy groups -OCH3 is 2. The molecule has 1 atom stereocenters. The maximum Gasteiger partial charge on any atom is 0.337 e. The van der Waals surface area contributed by atoms with E-state index < -0.39 is 17.9 Å². The topological polar surface area (TPSA) is 179 Å². The van der Waals surface area contributed by atoms with Crippen LogP contribution in [0, 0.1) is 5.41 Å². The Kier molecular flexibility index (Phi) is 7.62. The number of para-hydroxylation sites is 1. The van der Waals surface area contributed by atoms with Gasteiger partial charge >= 0.3 is 5.97 Å². The number of carbonyl (C=O) groups is 2. The third kappa shape index (κ3) is 5.71. The number of rotatable bonds is 10. The smallest absolute Gasteiger partial charge is 0.337 e. The Labute approximate surface area is 201 Å². The highest BCUT2D eigenvalue weighted by Crippen LogP contribution is 2.39. The summed E-state index contributed by atoms with van der Waals surface area (Å²) < 4.78 is 10.4. The molecule has 3 rings (SSSR count). The molecule has 0 bridgehead atoms. The molecule has 0 aliphatic heterocycles. The predicted octanol–water partition coefficient (Wildman–Crippen LogP) is 2.69. The fourth-order valence-corrected chi connectivity index (χ4v) is 3.27. The summed E-state index contributed by atoms with van der Waals surface area (Å²) in [5.41, 5.74) is 12.3. The number of phenolic OH excluding ortho intramolecular Hbond substituents is 1. The highest BCUT2D eigenvalue weighted by Gasteiger charge is 2.25. The lowest BCUT2D eigenvalue weighted by molar-refractivity contribution is -0.121. The summed E-state index contributed by atoms with van der Waals surface area (Å²) in [5, 5.41) is 30.3. The number of amides is 1. The molecular weight excluding hydrogens is 454 g/mol. The van der Waals surface area contributed by atoms with Gasteiger partial charge in [0.1, 0.15) is 11.9 Å². The molecule has 1 unspecified atom stereocenters. The van der Waals surface area contributed by atoms with Gasteiger partial charge in [0.05, 0.1) is 25.5 Å². The van der Waals surface area contributed by atoms with Crippen LogP contribution in [0.15, 0.2) is 60.7 Å². The minimum absolute atomic E-state index is 0.0231. The number of hydrogen-bond donors (Lipinski definition) is 7. The quantitative estimate of drug-likeness (QED) is 0.131. The third-order valence-corrected chi connectivity index (χ3v) is 5.08. The summed E-state index contributed by atoms with van der Waals surface area (Å²) in [4.78, 5) is 24.8. The largest absolute Gasteiger partial charge is 0.502 e. The summed E-state index contributed by atoms with van der Waals surface area (Å²) in [7, 11) is 2.73. The van der Waals surface area contributed by atoms with Crippen LogP contribution < -0.4 is 31.4 Å². The summed E-state index contributed by atoms with van der Waals surface area (Å²) in [5.74, 6) is -1.87. The van der Waals surface area contributed by atoms with E-state index in [1.807, 2.05) is 0 Å². The van der Waals surface area contributed by atoms with Gasteiger partial charge in [-0.25, -0.2) is 4.79 Å². The molecule has 0 saturated carbocycles. The molecule has 3 aromatic rings. The van der Waals surface area contributed by atoms with Gasteiger partial charge in [0.25, 0.3) is 5.91 Å². The van der Waals surface area contributed by atoms with E-state index in [9.17, 15) is 19.8 Å². The van der Waals surface area contributed by atoms with Crippen LogP contribution in [0.1, 0.15) is 27.5 Å². The molecule has 0 saturated heterocycles. The van der Waals surface area contributed by atoms with Crippen LogP contribution in [0.4, 0.5) is 11.4 Å². The van der Waals surface area contributed by atoms with Gasteiger partial charge in [-0.2, -0.15) is 0 Å². The Morgan fingerprint density at radius 1 is 1.00 bits per heavy atom. The van der Waals surface area contributed by atoms with Crippen LogP contribution in [-0.4, -0.2) is 42.1 Å². The number of hydrogen-bond acceptors (Lipinski definition) is 8. The van der Waals surface area contributed by atoms with E-state index >= 15 is 0 Å². The zero-order valence-electron chi connectivity index (χ0n) is 19.0. The number of nitrogens with one attached hydrogen (secondary N) is 4. The standard InChI is InChI=1S/C24H25N5O6/c1-34-18-11-14(12-19(35-2)21(18)30)20(27-15-9-7-13(8-10-15)22(25)26)23(31)29-28-17-6-4-3-5-16(17)24(32)33/h3-12,20,27-28,30H,1-2H3,(H3,25,26)(H,29,31)(H,32,33). The number of amidine groups is 1. The maximum atomic E-state index is 13.3. The molecule has 3 aromatic carbocycles. The summed E-state index contributed by atoms with van der Waals surface area (Å²) >= 11 is 0. The van der Waals surface area contributed by atoms with E-state index in [2.05, 4.69) is 16.2 Å². The van der Waals surface area contributed by atoms with E-state index in [4.69, 9.17) is 20.6 Å². The average Bonchev–Trinajstić information content (AvgIpc) is 2.86. The molecule has 0 heterocycles. The molecule has 35 heavy (non-hydrogen) atoms. The normalized spacial score (nSPS) is 11.1. The summed E-state index contributed by atoms with van der Waals surface area (Å²) in [6.45, 7) is 0. The Morgan fingerprint density at radius 3 is 2.14 bits per heavy atom. The minimum Gasteiger partial charge on any atom is -0.502 e. The molecule has 1 amide bonds. The molecule has 8 N–H and O–H groups in total. The van der Waals surface area contributed by atoms with Crippen molar-refractivity contribution in [3.8, 4) is 17.2 Å². The molecule has 0 radical (unpaired) electrons. The Bertz CT molecular complexity index is 1220. The highest BCUT2D eigenvalue weighted by atomic mass is 16.5. The van der Waals surface area contributed by atoms with E-state index in [1.54, 1.807) is 36.4 Å². The number of aromatic carboxylic acids is 1. The molecule has 11 nitrogen and oxygen atoms in total. The lowest BCUT2D eigenvalue weighted by Gasteiger charge is -2.22. The molecule has 0 spiro atoms. The fraction of sp³-hybridized carbons (Fsp3) is 0.125. The lowest BCUT2D eigenvalue weighted by atomic mass is 10.0. The number of phenols is 1. The number of hydrazine groups is 1. The van der Waals surface area contributed by atoms with Crippen molar-refractivity contribution in [3.63, 3.8) is 0 Å². The van der Waals surface area contributed by atoms with Crippen LogP contribution in [0.3, 0.4) is 0 Å². The van der Waals surface area contributed by atoms with Crippen LogP contribution >= 0.6 is 0 Å². The number of nitrogens with two attached hydrogens (primary N) is 1. The van der Waals surface area contributed by atoms with Gasteiger partial charge in [0.15, 0.2) is 11.5 Å². The number of ether oxygens (including phenoxy) is 2. The lowest BCUT2D eigenvalue weighted by Crippen LogP contribution is -2.37. The van der Waals surface area contributed by atoms with Crippen molar-refractivity contribution < 1.29 is 29.3 Å². The molecular formula is C24H25N5O6. The van der Waals surface area contributed by atoms with Gasteiger partial charge in [-0.15, -0.1) is 0 Å². The third-order valence-electron chi connectivity index (χ3n) is 5.08. The molecule has 0 fully saturated rings. The van der Waals surface area contributed by atoms with Crippen molar-refractivity contribution in [2.75, 3.05) is 25.0 Å². The van der Waals surface area contributed by atoms with Gasteiger partial charge in [0.2, 0.25) is 5.75 Å². The van der Waals surface area contributed by atoms with Crippen LogP contribution in [0.25, 0.3) is 0 Å². The Balaban J connectivity index is 1.95. The van der Waals surface area contributed by atoms with Gasteiger partial charge in [-0.1, -0.05) is 12.1 Å².